The highest BCUT2D eigenvalue weighted by atomic mass is 19.4. The first kappa shape index (κ1) is 27.8. The van der Waals surface area contributed by atoms with Gasteiger partial charge in [-0.25, -0.2) is 0 Å². The zero-order valence-electron chi connectivity index (χ0n) is 23.3. The monoisotopic (exact) mass is 572 g/mol. The average molecular weight is 573 g/mol. The van der Waals surface area contributed by atoms with Crippen LogP contribution in [0.2, 0.25) is 0 Å². The van der Waals surface area contributed by atoms with Crippen LogP contribution in [0.15, 0.2) is 35.6 Å². The van der Waals surface area contributed by atoms with E-state index in [1.54, 1.807) is 0 Å². The number of carboxylic acids is 1. The van der Waals surface area contributed by atoms with E-state index < -0.39 is 23.3 Å². The van der Waals surface area contributed by atoms with Crippen LogP contribution in [0.4, 0.5) is 13.2 Å². The van der Waals surface area contributed by atoms with Crippen LogP contribution in [0.25, 0.3) is 11.1 Å². The predicted octanol–water partition coefficient (Wildman–Crippen LogP) is 5.52. The molecule has 0 amide bonds. The zero-order valence-corrected chi connectivity index (χ0v) is 23.3. The van der Waals surface area contributed by atoms with Gasteiger partial charge in [0.25, 0.3) is 0 Å². The second-order valence-electron chi connectivity index (χ2n) is 12.2. The van der Waals surface area contributed by atoms with E-state index >= 15 is 0 Å². The third-order valence-electron chi connectivity index (χ3n) is 8.86. The van der Waals surface area contributed by atoms with Gasteiger partial charge in [0, 0.05) is 50.0 Å². The molecule has 2 aromatic rings. The Morgan fingerprint density at radius 3 is 2.51 bits per heavy atom. The lowest BCUT2D eigenvalue weighted by molar-refractivity contribution is -0.150. The Kier molecular flexibility index (Phi) is 6.91. The van der Waals surface area contributed by atoms with E-state index in [-0.39, 0.29) is 5.60 Å². The minimum absolute atomic E-state index is 0.350. The Bertz CT molecular complexity index is 1340. The summed E-state index contributed by atoms with van der Waals surface area (Å²) >= 11 is 0. The molecule has 8 nitrogen and oxygen atoms in total. The molecule has 3 aliphatic heterocycles. The number of nitrogens with zero attached hydrogens (tertiary/aromatic N) is 4. The first-order chi connectivity index (χ1) is 19.5. The summed E-state index contributed by atoms with van der Waals surface area (Å²) in [4.78, 5) is 25.7. The van der Waals surface area contributed by atoms with Crippen molar-refractivity contribution in [1.82, 2.24) is 14.8 Å². The summed E-state index contributed by atoms with van der Waals surface area (Å²) in [5.74, 6) is 1.19. The molecule has 41 heavy (non-hydrogen) atoms. The lowest BCUT2D eigenvalue weighted by Crippen LogP contribution is -2.61. The Balaban J connectivity index is 1.13. The van der Waals surface area contributed by atoms with E-state index in [9.17, 15) is 23.1 Å². The van der Waals surface area contributed by atoms with Crippen molar-refractivity contribution in [2.24, 2.45) is 10.6 Å². The highest BCUT2D eigenvalue weighted by Crippen LogP contribution is 2.49. The van der Waals surface area contributed by atoms with Gasteiger partial charge in [0.2, 0.25) is 0 Å². The molecule has 11 heteroatoms. The van der Waals surface area contributed by atoms with E-state index in [0.29, 0.717) is 62.7 Å². The second kappa shape index (κ2) is 10.2. The number of hydrogen-bond donors (Lipinski definition) is 1. The number of benzene rings is 1. The van der Waals surface area contributed by atoms with E-state index in [2.05, 4.69) is 26.0 Å². The number of likely N-dealkylation sites (tertiary alicyclic amines) is 2. The maximum atomic E-state index is 13.1. The number of piperidine rings is 1. The Morgan fingerprint density at radius 2 is 1.93 bits per heavy atom. The first-order valence-electron chi connectivity index (χ1n) is 14.3. The molecular formula is C30H35F3N4O4. The third kappa shape index (κ3) is 5.48. The molecule has 2 saturated heterocycles. The van der Waals surface area contributed by atoms with Crippen LogP contribution in [-0.4, -0.2) is 70.1 Å². The molecule has 220 valence electrons. The number of halogens is 3. The number of aliphatic carboxylic acids is 1. The van der Waals surface area contributed by atoms with E-state index in [1.165, 1.54) is 12.3 Å². The van der Waals surface area contributed by atoms with Gasteiger partial charge >= 0.3 is 12.1 Å². The molecule has 0 bridgehead atoms. The van der Waals surface area contributed by atoms with Crippen molar-refractivity contribution in [3.05, 3.63) is 47.3 Å². The van der Waals surface area contributed by atoms with Crippen molar-refractivity contribution < 1.29 is 32.6 Å². The van der Waals surface area contributed by atoms with E-state index in [0.717, 1.165) is 54.5 Å². The third-order valence-corrected chi connectivity index (χ3v) is 8.86. The smallest absolute Gasteiger partial charge is 0.433 e. The Labute approximate surface area is 237 Å². The van der Waals surface area contributed by atoms with Crippen molar-refractivity contribution in [2.45, 2.75) is 70.2 Å². The molecule has 3 fully saturated rings. The normalized spacial score (nSPS) is 21.8. The molecule has 1 aliphatic carbocycles. The van der Waals surface area contributed by atoms with Gasteiger partial charge in [-0.2, -0.15) is 13.2 Å². The van der Waals surface area contributed by atoms with Crippen LogP contribution in [0.3, 0.4) is 0 Å². The van der Waals surface area contributed by atoms with E-state index in [4.69, 9.17) is 9.57 Å². The quantitative estimate of drug-likeness (QED) is 0.468. The van der Waals surface area contributed by atoms with Gasteiger partial charge in [-0.05, 0) is 68.7 Å². The number of amidine groups is 1. The summed E-state index contributed by atoms with van der Waals surface area (Å²) in [6.45, 7) is 7.64. The lowest BCUT2D eigenvalue weighted by Gasteiger charge is -2.45. The molecule has 6 rings (SSSR count). The zero-order chi connectivity index (χ0) is 29.0. The fourth-order valence-electron chi connectivity index (χ4n) is 6.24. The average Bonchev–Trinajstić information content (AvgIpc) is 3.67. The summed E-state index contributed by atoms with van der Waals surface area (Å²) in [5.41, 5.74) is 1.72. The molecule has 4 heterocycles. The molecule has 1 saturated carbocycles. The number of ether oxygens (including phenoxy) is 1. The fourth-order valence-corrected chi connectivity index (χ4v) is 6.24. The minimum atomic E-state index is -4.48. The molecule has 0 atom stereocenters. The number of aromatic nitrogens is 1. The molecule has 1 spiro atoms. The summed E-state index contributed by atoms with van der Waals surface area (Å²) in [5, 5.41) is 13.9. The van der Waals surface area contributed by atoms with Crippen molar-refractivity contribution in [3.63, 3.8) is 0 Å². The molecule has 0 unspecified atom stereocenters. The highest BCUT2D eigenvalue weighted by Gasteiger charge is 2.51. The summed E-state index contributed by atoms with van der Waals surface area (Å²) in [6, 6.07) is 6.68. The van der Waals surface area contributed by atoms with Crippen molar-refractivity contribution in [2.75, 3.05) is 32.8 Å². The Morgan fingerprint density at radius 1 is 1.20 bits per heavy atom. The van der Waals surface area contributed by atoms with Crippen LogP contribution in [0, 0.1) is 5.41 Å². The molecule has 1 N–H and O–H groups in total. The molecule has 0 radical (unpaired) electrons. The molecule has 1 aromatic heterocycles. The van der Waals surface area contributed by atoms with Gasteiger partial charge in [-0.15, -0.1) is 0 Å². The number of pyridine rings is 1. The predicted molar refractivity (Wildman–Crippen MR) is 146 cm³/mol. The van der Waals surface area contributed by atoms with Crippen molar-refractivity contribution >= 4 is 11.8 Å². The number of hydrogen-bond acceptors (Lipinski definition) is 7. The standard InChI is InChI=1S/C30H35F3N4O4/c1-3-40-23-13-19(12-22(20-4-5-20)26(23)21-6-7-24(34-15-21)30(31,32)33)16-36-17-29(18-36)14-25(35-41-29)37-10-8-28(2,9-11-37)27(38)39/h6-7,12-13,15,20H,3-5,8-11,14,16-18H2,1-2H3,(H,38,39). The number of oxime groups is 1. The lowest BCUT2D eigenvalue weighted by atomic mass is 9.80. The molecular weight excluding hydrogens is 537 g/mol. The van der Waals surface area contributed by atoms with Crippen LogP contribution >= 0.6 is 0 Å². The first-order valence-corrected chi connectivity index (χ1v) is 14.3. The highest BCUT2D eigenvalue weighted by molar-refractivity contribution is 5.85. The van der Waals surface area contributed by atoms with Crippen LogP contribution in [0.5, 0.6) is 5.75 Å². The topological polar surface area (TPSA) is 87.5 Å². The SMILES string of the molecule is CCOc1cc(CN2CC3(CC(N4CCC(C)(C(=O)O)CC4)=NO3)C2)cc(C2CC2)c1-c1ccc(C(F)(F)F)nc1. The fraction of sp³-hybridized carbons (Fsp3) is 0.567. The maximum absolute atomic E-state index is 13.1. The van der Waals surface area contributed by atoms with Gasteiger partial charge in [0.05, 0.1) is 18.4 Å². The summed E-state index contributed by atoms with van der Waals surface area (Å²) < 4.78 is 45.3. The molecule has 4 aliphatic rings. The number of carbonyl (C=O) groups is 1. The molecule has 1 aromatic carbocycles. The van der Waals surface area contributed by atoms with Crippen LogP contribution in [-0.2, 0) is 22.4 Å². The number of carboxylic acid groups (broad SMARTS) is 1. The van der Waals surface area contributed by atoms with Crippen molar-refractivity contribution in [3.8, 4) is 16.9 Å². The number of rotatable bonds is 7. The van der Waals surface area contributed by atoms with E-state index in [1.807, 2.05) is 19.9 Å². The summed E-state index contributed by atoms with van der Waals surface area (Å²) in [7, 11) is 0. The van der Waals surface area contributed by atoms with Crippen molar-refractivity contribution in [1.29, 1.82) is 0 Å². The van der Waals surface area contributed by atoms with Gasteiger partial charge in [0.1, 0.15) is 17.3 Å². The number of alkyl halides is 3. The summed E-state index contributed by atoms with van der Waals surface area (Å²) in [6.07, 6.45) is 0.784. The second-order valence-corrected chi connectivity index (χ2v) is 12.2. The van der Waals surface area contributed by atoms with Gasteiger partial charge < -0.3 is 19.6 Å². The van der Waals surface area contributed by atoms with Gasteiger partial charge in [-0.3, -0.25) is 14.7 Å². The minimum Gasteiger partial charge on any atom is -0.493 e. The van der Waals surface area contributed by atoms with Crippen LogP contribution in [0.1, 0.15) is 68.7 Å². The van der Waals surface area contributed by atoms with Crippen LogP contribution < -0.4 is 4.74 Å². The largest absolute Gasteiger partial charge is 0.493 e. The Hall–Kier alpha value is -3.34. The van der Waals surface area contributed by atoms with Gasteiger partial charge in [-0.1, -0.05) is 17.3 Å². The van der Waals surface area contributed by atoms with Gasteiger partial charge in [0.15, 0.2) is 5.60 Å². The maximum Gasteiger partial charge on any atom is 0.433 e.